The van der Waals surface area contributed by atoms with Crippen molar-refractivity contribution in [1.29, 1.82) is 0 Å². The van der Waals surface area contributed by atoms with Gasteiger partial charge >= 0.3 is 0 Å². The Hall–Kier alpha value is -0.610. The van der Waals surface area contributed by atoms with Gasteiger partial charge in [0.2, 0.25) is 5.91 Å². The predicted octanol–water partition coefficient (Wildman–Crippen LogP) is -0.114. The normalized spacial score (nSPS) is 27.5. The van der Waals surface area contributed by atoms with Gasteiger partial charge in [-0.3, -0.25) is 14.6 Å². The van der Waals surface area contributed by atoms with Gasteiger partial charge in [0.25, 0.3) is 0 Å². The number of hydrogen-bond acceptors (Lipinski definition) is 3. The van der Waals surface area contributed by atoms with Crippen LogP contribution in [-0.4, -0.2) is 54.0 Å². The van der Waals surface area contributed by atoms with Gasteiger partial charge in [-0.2, -0.15) is 0 Å². The van der Waals surface area contributed by atoms with E-state index in [0.717, 1.165) is 26.2 Å². The molecule has 0 radical (unpaired) electrons. The van der Waals surface area contributed by atoms with E-state index < -0.39 is 0 Å². The molecule has 2 unspecified atom stereocenters. The summed E-state index contributed by atoms with van der Waals surface area (Å²) in [6, 6.07) is 0.395. The summed E-state index contributed by atoms with van der Waals surface area (Å²) in [4.78, 5) is 15.6. The molecule has 1 aliphatic rings. The van der Waals surface area contributed by atoms with Crippen LogP contribution in [0.1, 0.15) is 20.8 Å². The zero-order chi connectivity index (χ0) is 10.7. The molecule has 0 aromatic heterocycles. The van der Waals surface area contributed by atoms with E-state index in [1.54, 1.807) is 0 Å². The Morgan fingerprint density at radius 2 is 2.21 bits per heavy atom. The lowest BCUT2D eigenvalue weighted by molar-refractivity contribution is -0.123. The highest BCUT2D eigenvalue weighted by Gasteiger charge is 2.27. The first-order valence-electron chi connectivity index (χ1n) is 5.33. The van der Waals surface area contributed by atoms with Crippen molar-refractivity contribution < 1.29 is 4.79 Å². The Kier molecular flexibility index (Phi) is 3.89. The van der Waals surface area contributed by atoms with Crippen LogP contribution in [-0.2, 0) is 4.79 Å². The number of rotatable bonds is 3. The summed E-state index contributed by atoms with van der Waals surface area (Å²) in [5.74, 6) is -0.220. The second kappa shape index (κ2) is 4.75. The van der Waals surface area contributed by atoms with Gasteiger partial charge in [-0.25, -0.2) is 0 Å². The number of piperazine rings is 1. The smallest absolute Gasteiger partial charge is 0.234 e. The van der Waals surface area contributed by atoms with E-state index in [4.69, 9.17) is 5.73 Å². The monoisotopic (exact) mass is 199 g/mol. The highest BCUT2D eigenvalue weighted by molar-refractivity contribution is 5.79. The summed E-state index contributed by atoms with van der Waals surface area (Å²) in [7, 11) is 0. The van der Waals surface area contributed by atoms with Crippen LogP contribution in [0.15, 0.2) is 0 Å². The van der Waals surface area contributed by atoms with Crippen molar-refractivity contribution in [3.05, 3.63) is 0 Å². The molecule has 1 fully saturated rings. The Morgan fingerprint density at radius 3 is 2.64 bits per heavy atom. The first-order valence-corrected chi connectivity index (χ1v) is 5.33. The van der Waals surface area contributed by atoms with Crippen molar-refractivity contribution in [3.8, 4) is 0 Å². The number of likely N-dealkylation sites (N-methyl/N-ethyl adjacent to an activating group) is 1. The molecule has 14 heavy (non-hydrogen) atoms. The second-order valence-electron chi connectivity index (χ2n) is 4.05. The number of hydrogen-bond donors (Lipinski definition) is 1. The van der Waals surface area contributed by atoms with Gasteiger partial charge in [0.05, 0.1) is 6.04 Å². The lowest BCUT2D eigenvalue weighted by atomic mass is 10.1. The predicted molar refractivity (Wildman–Crippen MR) is 56.9 cm³/mol. The van der Waals surface area contributed by atoms with Crippen molar-refractivity contribution in [2.75, 3.05) is 26.2 Å². The standard InChI is InChI=1S/C10H21N3O/c1-4-12-5-6-13(7-8(12)2)9(3)10(11)14/h8-9H,4-7H2,1-3H3,(H2,11,14). The van der Waals surface area contributed by atoms with E-state index in [-0.39, 0.29) is 11.9 Å². The minimum absolute atomic E-state index is 0.128. The van der Waals surface area contributed by atoms with Gasteiger partial charge in [-0.05, 0) is 20.4 Å². The lowest BCUT2D eigenvalue weighted by Crippen LogP contribution is -2.56. The quantitative estimate of drug-likeness (QED) is 0.690. The number of nitrogens with two attached hydrogens (primary N) is 1. The summed E-state index contributed by atoms with van der Waals surface area (Å²) < 4.78 is 0. The van der Waals surface area contributed by atoms with Crippen LogP contribution >= 0.6 is 0 Å². The number of amides is 1. The van der Waals surface area contributed by atoms with Crippen molar-refractivity contribution in [2.45, 2.75) is 32.9 Å². The molecule has 1 saturated heterocycles. The first-order chi connectivity index (χ1) is 6.56. The highest BCUT2D eigenvalue weighted by atomic mass is 16.1. The van der Waals surface area contributed by atoms with Crippen LogP contribution in [0.2, 0.25) is 0 Å². The third kappa shape index (κ3) is 2.45. The highest BCUT2D eigenvalue weighted by Crippen LogP contribution is 2.11. The molecule has 82 valence electrons. The Bertz CT molecular complexity index is 208. The van der Waals surface area contributed by atoms with E-state index in [0.29, 0.717) is 6.04 Å². The Labute approximate surface area is 86.0 Å². The molecule has 4 heteroatoms. The lowest BCUT2D eigenvalue weighted by Gasteiger charge is -2.41. The van der Waals surface area contributed by atoms with Crippen LogP contribution in [0.3, 0.4) is 0 Å². The third-order valence-electron chi connectivity index (χ3n) is 3.16. The summed E-state index contributed by atoms with van der Waals surface area (Å²) in [5, 5.41) is 0. The molecule has 0 aliphatic carbocycles. The molecular weight excluding hydrogens is 178 g/mol. The molecule has 0 spiro atoms. The largest absolute Gasteiger partial charge is 0.368 e. The third-order valence-corrected chi connectivity index (χ3v) is 3.16. The minimum Gasteiger partial charge on any atom is -0.368 e. The van der Waals surface area contributed by atoms with Gasteiger partial charge in [0, 0.05) is 25.7 Å². The van der Waals surface area contributed by atoms with Gasteiger partial charge in [-0.1, -0.05) is 6.92 Å². The first kappa shape index (κ1) is 11.5. The topological polar surface area (TPSA) is 49.6 Å². The number of primary amides is 1. The van der Waals surface area contributed by atoms with Gasteiger partial charge < -0.3 is 5.73 Å². The maximum Gasteiger partial charge on any atom is 0.234 e. The summed E-state index contributed by atoms with van der Waals surface area (Å²) in [6.45, 7) is 10.3. The molecule has 1 aliphatic heterocycles. The average molecular weight is 199 g/mol. The average Bonchev–Trinajstić information content (AvgIpc) is 2.16. The molecule has 1 heterocycles. The van der Waals surface area contributed by atoms with Crippen LogP contribution in [0.5, 0.6) is 0 Å². The molecule has 0 saturated carbocycles. The molecule has 1 rings (SSSR count). The molecule has 2 atom stereocenters. The zero-order valence-electron chi connectivity index (χ0n) is 9.36. The van der Waals surface area contributed by atoms with E-state index in [1.165, 1.54) is 0 Å². The van der Waals surface area contributed by atoms with Gasteiger partial charge in [0.1, 0.15) is 0 Å². The van der Waals surface area contributed by atoms with Crippen LogP contribution < -0.4 is 5.73 Å². The second-order valence-corrected chi connectivity index (χ2v) is 4.05. The van der Waals surface area contributed by atoms with Crippen molar-refractivity contribution in [3.63, 3.8) is 0 Å². The molecule has 0 aromatic carbocycles. The molecule has 0 bridgehead atoms. The molecule has 0 aromatic rings. The summed E-state index contributed by atoms with van der Waals surface area (Å²) >= 11 is 0. The van der Waals surface area contributed by atoms with Crippen LogP contribution in [0, 0.1) is 0 Å². The fraction of sp³-hybridized carbons (Fsp3) is 0.900. The Balaban J connectivity index is 2.50. The fourth-order valence-corrected chi connectivity index (χ4v) is 2.02. The van der Waals surface area contributed by atoms with E-state index in [9.17, 15) is 4.79 Å². The minimum atomic E-state index is -0.220. The summed E-state index contributed by atoms with van der Waals surface area (Å²) in [5.41, 5.74) is 5.29. The van der Waals surface area contributed by atoms with Crippen molar-refractivity contribution >= 4 is 5.91 Å². The maximum absolute atomic E-state index is 11.0. The van der Waals surface area contributed by atoms with Gasteiger partial charge in [-0.15, -0.1) is 0 Å². The number of carbonyl (C=O) groups excluding carboxylic acids is 1. The molecule has 2 N–H and O–H groups in total. The number of nitrogens with zero attached hydrogens (tertiary/aromatic N) is 2. The van der Waals surface area contributed by atoms with E-state index in [1.807, 2.05) is 6.92 Å². The van der Waals surface area contributed by atoms with E-state index >= 15 is 0 Å². The SMILES string of the molecule is CCN1CCN(C(C)C(N)=O)CC1C. The van der Waals surface area contributed by atoms with Crippen LogP contribution in [0.25, 0.3) is 0 Å². The van der Waals surface area contributed by atoms with E-state index in [2.05, 4.69) is 23.6 Å². The fourth-order valence-electron chi connectivity index (χ4n) is 2.02. The van der Waals surface area contributed by atoms with Crippen molar-refractivity contribution in [2.24, 2.45) is 5.73 Å². The number of carbonyl (C=O) groups is 1. The van der Waals surface area contributed by atoms with Crippen LogP contribution in [0.4, 0.5) is 0 Å². The summed E-state index contributed by atoms with van der Waals surface area (Å²) in [6.07, 6.45) is 0. The van der Waals surface area contributed by atoms with Crippen molar-refractivity contribution in [1.82, 2.24) is 9.80 Å². The Morgan fingerprint density at radius 1 is 1.57 bits per heavy atom. The maximum atomic E-state index is 11.0. The van der Waals surface area contributed by atoms with Gasteiger partial charge in [0.15, 0.2) is 0 Å². The molecular formula is C10H21N3O. The molecule has 1 amide bonds. The molecule has 4 nitrogen and oxygen atoms in total. The zero-order valence-corrected chi connectivity index (χ0v) is 9.36.